The van der Waals surface area contributed by atoms with Crippen LogP contribution in [0.4, 0.5) is 10.2 Å². The average Bonchev–Trinajstić information content (AvgIpc) is 3.39. The van der Waals surface area contributed by atoms with Crippen molar-refractivity contribution in [2.45, 2.75) is 19.4 Å². The van der Waals surface area contributed by atoms with Crippen LogP contribution in [0, 0.1) is 5.82 Å². The molecular weight excluding hydrogens is 377 g/mol. The Bertz CT molecular complexity index is 1150. The highest BCUT2D eigenvalue weighted by molar-refractivity contribution is 5.58. The van der Waals surface area contributed by atoms with E-state index < -0.39 is 0 Å². The molecule has 1 aliphatic heterocycles. The quantitative estimate of drug-likeness (QED) is 0.487. The fraction of sp³-hybridized carbons (Fsp3) is 0.160. The molecule has 0 unspecified atom stereocenters. The molecule has 150 valence electrons. The van der Waals surface area contributed by atoms with E-state index >= 15 is 0 Å². The molecule has 0 bridgehead atoms. The van der Waals surface area contributed by atoms with Crippen LogP contribution < -0.4 is 10.1 Å². The summed E-state index contributed by atoms with van der Waals surface area (Å²) in [5.41, 5.74) is 4.84. The zero-order chi connectivity index (χ0) is 20.3. The number of hydrogen-bond donors (Lipinski definition) is 1. The Morgan fingerprint density at radius 2 is 1.70 bits per heavy atom. The van der Waals surface area contributed by atoms with Crippen LogP contribution in [0.1, 0.15) is 22.4 Å². The fourth-order valence-electron chi connectivity index (χ4n) is 3.82. The third kappa shape index (κ3) is 3.66. The third-order valence-electron chi connectivity index (χ3n) is 5.38. The highest BCUT2D eigenvalue weighted by atomic mass is 19.1. The van der Waals surface area contributed by atoms with Gasteiger partial charge in [-0.1, -0.05) is 48.5 Å². The molecule has 0 atom stereocenters. The van der Waals surface area contributed by atoms with Crippen molar-refractivity contribution in [2.75, 3.05) is 11.9 Å². The van der Waals surface area contributed by atoms with Crippen molar-refractivity contribution in [3.8, 4) is 11.4 Å². The summed E-state index contributed by atoms with van der Waals surface area (Å²) >= 11 is 0. The first-order valence-electron chi connectivity index (χ1n) is 10.1. The summed E-state index contributed by atoms with van der Waals surface area (Å²) in [6, 6.07) is 24.9. The smallest absolute Gasteiger partial charge is 0.133 e. The standard InChI is InChI=1S/C25H22FN3O/c26-23-9-5-4-8-19(23)16-24-22-14-15-27-25(22)29(28-24)20-10-12-21(13-11-20)30-17-18-6-2-1-3-7-18/h1-13,27H,14-17H2. The summed E-state index contributed by atoms with van der Waals surface area (Å²) in [6.07, 6.45) is 1.39. The SMILES string of the molecule is Fc1ccccc1Cc1nn(-c2ccc(OCc3ccccc3)cc2)c2c1CCN2. The van der Waals surface area contributed by atoms with Crippen LogP contribution in [0.3, 0.4) is 0 Å². The third-order valence-corrected chi connectivity index (χ3v) is 5.38. The number of nitrogens with zero attached hydrogens (tertiary/aromatic N) is 2. The van der Waals surface area contributed by atoms with Crippen LogP contribution in [0.15, 0.2) is 78.9 Å². The van der Waals surface area contributed by atoms with E-state index in [0.717, 1.165) is 41.5 Å². The van der Waals surface area contributed by atoms with Gasteiger partial charge in [0.15, 0.2) is 0 Å². The monoisotopic (exact) mass is 399 g/mol. The lowest BCUT2D eigenvalue weighted by Crippen LogP contribution is -2.05. The average molecular weight is 399 g/mol. The van der Waals surface area contributed by atoms with Crippen LogP contribution in [-0.4, -0.2) is 16.3 Å². The number of anilines is 1. The van der Waals surface area contributed by atoms with Crippen LogP contribution in [0.25, 0.3) is 5.69 Å². The molecule has 0 saturated carbocycles. The van der Waals surface area contributed by atoms with Gasteiger partial charge in [0.1, 0.15) is 24.0 Å². The second-order valence-corrected chi connectivity index (χ2v) is 7.40. The van der Waals surface area contributed by atoms with Crippen molar-refractivity contribution in [1.82, 2.24) is 9.78 Å². The zero-order valence-corrected chi connectivity index (χ0v) is 16.5. The van der Waals surface area contributed by atoms with E-state index in [4.69, 9.17) is 9.84 Å². The molecule has 4 aromatic rings. The Kier molecular flexibility index (Phi) is 4.93. The van der Waals surface area contributed by atoms with Crippen LogP contribution in [0.5, 0.6) is 5.75 Å². The van der Waals surface area contributed by atoms with Gasteiger partial charge in [-0.05, 0) is 47.9 Å². The Labute approximate surface area is 174 Å². The van der Waals surface area contributed by atoms with E-state index in [1.54, 1.807) is 6.07 Å². The number of fused-ring (bicyclic) bond motifs is 1. The number of hydrogen-bond acceptors (Lipinski definition) is 3. The van der Waals surface area contributed by atoms with Crippen molar-refractivity contribution in [3.63, 3.8) is 0 Å². The molecule has 0 saturated heterocycles. The normalized spacial score (nSPS) is 12.4. The maximum atomic E-state index is 14.1. The minimum atomic E-state index is -0.188. The molecular formula is C25H22FN3O. The van der Waals surface area contributed by atoms with E-state index in [2.05, 4.69) is 5.32 Å². The van der Waals surface area contributed by atoms with Gasteiger partial charge in [-0.15, -0.1) is 0 Å². The predicted molar refractivity (Wildman–Crippen MR) is 116 cm³/mol. The maximum absolute atomic E-state index is 14.1. The van der Waals surface area contributed by atoms with Gasteiger partial charge in [-0.25, -0.2) is 9.07 Å². The van der Waals surface area contributed by atoms with Gasteiger partial charge in [-0.2, -0.15) is 5.10 Å². The Hall–Kier alpha value is -3.60. The van der Waals surface area contributed by atoms with E-state index in [1.165, 1.54) is 11.6 Å². The van der Waals surface area contributed by atoms with E-state index in [1.807, 2.05) is 71.4 Å². The van der Waals surface area contributed by atoms with Crippen LogP contribution >= 0.6 is 0 Å². The molecule has 0 fully saturated rings. The summed E-state index contributed by atoms with van der Waals surface area (Å²) in [7, 11) is 0. The molecule has 5 rings (SSSR count). The first kappa shape index (κ1) is 18.4. The molecule has 30 heavy (non-hydrogen) atoms. The van der Waals surface area contributed by atoms with Crippen LogP contribution in [0.2, 0.25) is 0 Å². The van der Waals surface area contributed by atoms with E-state index in [-0.39, 0.29) is 5.82 Å². The molecule has 2 heterocycles. The number of nitrogens with one attached hydrogen (secondary N) is 1. The highest BCUT2D eigenvalue weighted by Gasteiger charge is 2.23. The molecule has 4 nitrogen and oxygen atoms in total. The minimum Gasteiger partial charge on any atom is -0.489 e. The molecule has 0 amide bonds. The zero-order valence-electron chi connectivity index (χ0n) is 16.5. The van der Waals surface area contributed by atoms with Gasteiger partial charge in [0, 0.05) is 18.5 Å². The lowest BCUT2D eigenvalue weighted by molar-refractivity contribution is 0.306. The van der Waals surface area contributed by atoms with Crippen molar-refractivity contribution in [3.05, 3.63) is 107 Å². The summed E-state index contributed by atoms with van der Waals surface area (Å²) in [6.45, 7) is 1.40. The topological polar surface area (TPSA) is 39.1 Å². The predicted octanol–water partition coefficient (Wildman–Crippen LogP) is 5.15. The summed E-state index contributed by atoms with van der Waals surface area (Å²) in [5.74, 6) is 1.62. The molecule has 5 heteroatoms. The van der Waals surface area contributed by atoms with Gasteiger partial charge in [-0.3, -0.25) is 0 Å². The summed E-state index contributed by atoms with van der Waals surface area (Å²) < 4.78 is 21.9. The lowest BCUT2D eigenvalue weighted by atomic mass is 10.1. The molecule has 1 N–H and O–H groups in total. The second-order valence-electron chi connectivity index (χ2n) is 7.40. The molecule has 1 aromatic heterocycles. The lowest BCUT2D eigenvalue weighted by Gasteiger charge is -2.09. The number of aromatic nitrogens is 2. The first-order chi connectivity index (χ1) is 14.8. The summed E-state index contributed by atoms with van der Waals surface area (Å²) in [5, 5.41) is 8.23. The molecule has 3 aromatic carbocycles. The van der Waals surface area contributed by atoms with Crippen molar-refractivity contribution in [2.24, 2.45) is 0 Å². The first-order valence-corrected chi connectivity index (χ1v) is 10.1. The number of ether oxygens (including phenoxy) is 1. The fourth-order valence-corrected chi connectivity index (χ4v) is 3.82. The van der Waals surface area contributed by atoms with Gasteiger partial charge in [0.2, 0.25) is 0 Å². The molecule has 0 aliphatic carbocycles. The van der Waals surface area contributed by atoms with Crippen molar-refractivity contribution < 1.29 is 9.13 Å². The van der Waals surface area contributed by atoms with Gasteiger partial charge in [0.25, 0.3) is 0 Å². The van der Waals surface area contributed by atoms with Crippen LogP contribution in [-0.2, 0) is 19.4 Å². The van der Waals surface area contributed by atoms with Crippen molar-refractivity contribution >= 4 is 5.82 Å². The van der Waals surface area contributed by atoms with E-state index in [9.17, 15) is 4.39 Å². The summed E-state index contributed by atoms with van der Waals surface area (Å²) in [4.78, 5) is 0. The molecule has 1 aliphatic rings. The Morgan fingerprint density at radius 3 is 2.50 bits per heavy atom. The maximum Gasteiger partial charge on any atom is 0.133 e. The molecule has 0 radical (unpaired) electrons. The second kappa shape index (κ2) is 8.03. The largest absolute Gasteiger partial charge is 0.489 e. The Balaban J connectivity index is 1.37. The van der Waals surface area contributed by atoms with Gasteiger partial charge in [0.05, 0.1) is 11.4 Å². The Morgan fingerprint density at radius 1 is 0.933 bits per heavy atom. The minimum absolute atomic E-state index is 0.188. The number of benzene rings is 3. The molecule has 0 spiro atoms. The number of rotatable bonds is 6. The van der Waals surface area contributed by atoms with E-state index in [0.29, 0.717) is 18.6 Å². The number of halogens is 1. The van der Waals surface area contributed by atoms with Gasteiger partial charge >= 0.3 is 0 Å². The highest BCUT2D eigenvalue weighted by Crippen LogP contribution is 2.31. The van der Waals surface area contributed by atoms with Crippen molar-refractivity contribution in [1.29, 1.82) is 0 Å². The van der Waals surface area contributed by atoms with Gasteiger partial charge < -0.3 is 10.1 Å².